The highest BCUT2D eigenvalue weighted by atomic mass is 16.2. The Morgan fingerprint density at radius 2 is 2.27 bits per heavy atom. The second-order valence-electron chi connectivity index (χ2n) is 6.35. The molecule has 0 spiro atoms. The molecule has 1 aliphatic heterocycles. The molecule has 1 aromatic heterocycles. The van der Waals surface area contributed by atoms with E-state index in [1.165, 1.54) is 19.3 Å². The number of pyridine rings is 1. The second-order valence-corrected chi connectivity index (χ2v) is 6.35. The van der Waals surface area contributed by atoms with Crippen molar-refractivity contribution in [3.63, 3.8) is 0 Å². The van der Waals surface area contributed by atoms with Crippen molar-refractivity contribution in [1.82, 2.24) is 15.2 Å². The van der Waals surface area contributed by atoms with Crippen LogP contribution in [0.15, 0.2) is 18.3 Å². The average molecular weight is 304 g/mol. The number of carbonyl (C=O) groups is 1. The number of likely N-dealkylation sites (tertiary alicyclic amines) is 1. The van der Waals surface area contributed by atoms with Crippen LogP contribution in [0.1, 0.15) is 31.7 Å². The maximum atomic E-state index is 12.1. The van der Waals surface area contributed by atoms with Gasteiger partial charge in [0.15, 0.2) is 0 Å². The Labute approximate surface area is 133 Å². The van der Waals surface area contributed by atoms with E-state index < -0.39 is 0 Å². The molecule has 0 radical (unpaired) electrons. The van der Waals surface area contributed by atoms with Gasteiger partial charge in [0.25, 0.3) is 0 Å². The number of hydrogen-bond acceptors (Lipinski definition) is 4. The summed E-state index contributed by atoms with van der Waals surface area (Å²) >= 11 is 0. The Kier molecular flexibility index (Phi) is 6.19. The van der Waals surface area contributed by atoms with Crippen LogP contribution in [0.5, 0.6) is 0 Å². The van der Waals surface area contributed by atoms with Crippen LogP contribution >= 0.6 is 0 Å². The number of rotatable bonds is 6. The predicted octanol–water partition coefficient (Wildman–Crippen LogP) is 1.89. The molecule has 5 heteroatoms. The zero-order chi connectivity index (χ0) is 15.9. The molecule has 1 fully saturated rings. The van der Waals surface area contributed by atoms with E-state index >= 15 is 0 Å². The zero-order valence-electron chi connectivity index (χ0n) is 14.0. The fraction of sp³-hybridized carbons (Fsp3) is 0.647. The molecule has 1 saturated heterocycles. The number of nitrogens with zero attached hydrogens (tertiary/aromatic N) is 3. The first-order chi connectivity index (χ1) is 10.6. The minimum absolute atomic E-state index is 0.105. The molecule has 0 aromatic carbocycles. The number of anilines is 1. The van der Waals surface area contributed by atoms with Crippen molar-refractivity contribution in [3.8, 4) is 0 Å². The van der Waals surface area contributed by atoms with Crippen LogP contribution in [0.3, 0.4) is 0 Å². The lowest BCUT2D eigenvalue weighted by Crippen LogP contribution is -2.42. The van der Waals surface area contributed by atoms with Crippen LogP contribution in [0.2, 0.25) is 0 Å². The smallest absolute Gasteiger partial charge is 0.234 e. The minimum atomic E-state index is 0.105. The van der Waals surface area contributed by atoms with Gasteiger partial charge in [-0.2, -0.15) is 0 Å². The van der Waals surface area contributed by atoms with Gasteiger partial charge in [-0.1, -0.05) is 19.4 Å². The third-order valence-corrected chi connectivity index (χ3v) is 4.30. The summed E-state index contributed by atoms with van der Waals surface area (Å²) < 4.78 is 0. The lowest BCUT2D eigenvalue weighted by Gasteiger charge is -2.31. The van der Waals surface area contributed by atoms with Gasteiger partial charge in [-0.25, -0.2) is 4.98 Å². The van der Waals surface area contributed by atoms with Gasteiger partial charge in [0, 0.05) is 33.4 Å². The standard InChI is InChI=1S/C17H28N4O/c1-4-14-6-5-9-21(12-14)13-17(22)19-11-15-7-8-16(18-10-15)20(2)3/h7-8,10,14H,4-6,9,11-13H2,1-3H3,(H,19,22). The molecule has 1 N–H and O–H groups in total. The summed E-state index contributed by atoms with van der Waals surface area (Å²) in [5.41, 5.74) is 1.03. The Balaban J connectivity index is 1.75. The largest absolute Gasteiger partial charge is 0.363 e. The van der Waals surface area contributed by atoms with Crippen LogP contribution in [0, 0.1) is 5.92 Å². The van der Waals surface area contributed by atoms with Gasteiger partial charge < -0.3 is 10.2 Å². The summed E-state index contributed by atoms with van der Waals surface area (Å²) in [6.07, 6.45) is 5.55. The van der Waals surface area contributed by atoms with Crippen molar-refractivity contribution in [2.24, 2.45) is 5.92 Å². The lowest BCUT2D eigenvalue weighted by atomic mass is 9.96. The van der Waals surface area contributed by atoms with Crippen molar-refractivity contribution in [2.75, 3.05) is 38.6 Å². The molecule has 1 unspecified atom stereocenters. The SMILES string of the molecule is CCC1CCCN(CC(=O)NCc2ccc(N(C)C)nc2)C1. The number of piperidine rings is 1. The summed E-state index contributed by atoms with van der Waals surface area (Å²) in [7, 11) is 3.93. The normalized spacial score (nSPS) is 19.0. The molecule has 0 bridgehead atoms. The molecular formula is C17H28N4O. The van der Waals surface area contributed by atoms with Crippen LogP contribution in [0.4, 0.5) is 5.82 Å². The van der Waals surface area contributed by atoms with E-state index in [0.29, 0.717) is 13.1 Å². The summed E-state index contributed by atoms with van der Waals surface area (Å²) in [5.74, 6) is 1.78. The highest BCUT2D eigenvalue weighted by Crippen LogP contribution is 2.18. The topological polar surface area (TPSA) is 48.5 Å². The van der Waals surface area contributed by atoms with Gasteiger partial charge in [0.05, 0.1) is 6.54 Å². The maximum Gasteiger partial charge on any atom is 0.234 e. The van der Waals surface area contributed by atoms with E-state index in [4.69, 9.17) is 0 Å². The van der Waals surface area contributed by atoms with Crippen LogP contribution in [-0.2, 0) is 11.3 Å². The van der Waals surface area contributed by atoms with Gasteiger partial charge in [-0.3, -0.25) is 9.69 Å². The van der Waals surface area contributed by atoms with E-state index in [1.54, 1.807) is 0 Å². The first-order valence-corrected chi connectivity index (χ1v) is 8.19. The molecule has 22 heavy (non-hydrogen) atoms. The van der Waals surface area contributed by atoms with Gasteiger partial charge in [0.2, 0.25) is 5.91 Å². The van der Waals surface area contributed by atoms with Gasteiger partial charge in [-0.15, -0.1) is 0 Å². The maximum absolute atomic E-state index is 12.1. The molecule has 0 saturated carbocycles. The molecular weight excluding hydrogens is 276 g/mol. The predicted molar refractivity (Wildman–Crippen MR) is 89.9 cm³/mol. The average Bonchev–Trinajstić information content (AvgIpc) is 2.53. The number of carbonyl (C=O) groups excluding carboxylic acids is 1. The fourth-order valence-corrected chi connectivity index (χ4v) is 2.87. The van der Waals surface area contributed by atoms with Crippen molar-refractivity contribution in [3.05, 3.63) is 23.9 Å². The first kappa shape index (κ1) is 16.7. The van der Waals surface area contributed by atoms with Crippen molar-refractivity contribution < 1.29 is 4.79 Å². The van der Waals surface area contributed by atoms with E-state index in [1.807, 2.05) is 37.3 Å². The third kappa shape index (κ3) is 4.98. The highest BCUT2D eigenvalue weighted by molar-refractivity contribution is 5.78. The van der Waals surface area contributed by atoms with E-state index in [9.17, 15) is 4.79 Å². The number of nitrogens with one attached hydrogen (secondary N) is 1. The van der Waals surface area contributed by atoms with E-state index in [0.717, 1.165) is 30.4 Å². The van der Waals surface area contributed by atoms with Crippen molar-refractivity contribution >= 4 is 11.7 Å². The summed E-state index contributed by atoms with van der Waals surface area (Å²) in [6.45, 7) is 5.40. The van der Waals surface area contributed by atoms with E-state index in [2.05, 4.69) is 22.1 Å². The molecule has 0 aliphatic carbocycles. The first-order valence-electron chi connectivity index (χ1n) is 8.19. The van der Waals surface area contributed by atoms with Gasteiger partial charge in [-0.05, 0) is 36.9 Å². The lowest BCUT2D eigenvalue weighted by molar-refractivity contribution is -0.122. The summed E-state index contributed by atoms with van der Waals surface area (Å²) in [5, 5.41) is 2.99. The Morgan fingerprint density at radius 3 is 2.91 bits per heavy atom. The molecule has 1 aliphatic rings. The fourth-order valence-electron chi connectivity index (χ4n) is 2.87. The molecule has 1 aromatic rings. The molecule has 1 amide bonds. The number of amides is 1. The van der Waals surface area contributed by atoms with Crippen LogP contribution < -0.4 is 10.2 Å². The number of hydrogen-bond donors (Lipinski definition) is 1. The molecule has 1 atom stereocenters. The van der Waals surface area contributed by atoms with Crippen LogP contribution in [-0.4, -0.2) is 49.5 Å². The highest BCUT2D eigenvalue weighted by Gasteiger charge is 2.20. The monoisotopic (exact) mass is 304 g/mol. The summed E-state index contributed by atoms with van der Waals surface area (Å²) in [6, 6.07) is 3.98. The van der Waals surface area contributed by atoms with Gasteiger partial charge in [0.1, 0.15) is 5.82 Å². The zero-order valence-corrected chi connectivity index (χ0v) is 14.0. The summed E-state index contributed by atoms with van der Waals surface area (Å²) in [4.78, 5) is 20.7. The minimum Gasteiger partial charge on any atom is -0.363 e. The Morgan fingerprint density at radius 1 is 1.45 bits per heavy atom. The van der Waals surface area contributed by atoms with E-state index in [-0.39, 0.29) is 5.91 Å². The molecule has 122 valence electrons. The third-order valence-electron chi connectivity index (χ3n) is 4.30. The molecule has 5 nitrogen and oxygen atoms in total. The van der Waals surface area contributed by atoms with Crippen LogP contribution in [0.25, 0.3) is 0 Å². The Hall–Kier alpha value is -1.62. The number of aromatic nitrogens is 1. The molecule has 2 heterocycles. The van der Waals surface area contributed by atoms with Gasteiger partial charge >= 0.3 is 0 Å². The molecule has 2 rings (SSSR count). The van der Waals surface area contributed by atoms with Crippen molar-refractivity contribution in [2.45, 2.75) is 32.7 Å². The quantitative estimate of drug-likeness (QED) is 0.872. The Bertz CT molecular complexity index is 472. The van der Waals surface area contributed by atoms with Crippen molar-refractivity contribution in [1.29, 1.82) is 0 Å². The second kappa shape index (κ2) is 8.13.